The zero-order valence-corrected chi connectivity index (χ0v) is 16.3. The van der Waals surface area contributed by atoms with Gasteiger partial charge in [-0.1, -0.05) is 29.3 Å². The molecule has 0 aliphatic carbocycles. The van der Waals surface area contributed by atoms with E-state index in [0.29, 0.717) is 12.8 Å². The predicted octanol–water partition coefficient (Wildman–Crippen LogP) is 2.17. The monoisotopic (exact) mass is 423 g/mol. The molecule has 2 amide bonds. The number of carbonyl (C=O) groups is 2. The number of hydrazine groups is 1. The number of carbonyl (C=O) groups excluding carboxylic acids is 2. The number of rotatable bonds is 4. The Bertz CT molecular complexity index is 759. The van der Waals surface area contributed by atoms with Crippen LogP contribution in [0.25, 0.3) is 0 Å². The Hall–Kier alpha value is -1.55. The summed E-state index contributed by atoms with van der Waals surface area (Å²) in [4.78, 5) is 23.1. The van der Waals surface area contributed by atoms with Gasteiger partial charge in [0.05, 0.1) is 16.7 Å². The second-order valence-corrected chi connectivity index (χ2v) is 8.25. The molecule has 1 fully saturated rings. The quantitative estimate of drug-likeness (QED) is 0.721. The first-order valence-electron chi connectivity index (χ1n) is 7.94. The predicted molar refractivity (Wildman–Crippen MR) is 96.2 cm³/mol. The fraction of sp³-hybridized carbons (Fsp3) is 0.467. The van der Waals surface area contributed by atoms with Crippen LogP contribution in [0.1, 0.15) is 19.8 Å². The number of hydrogen-bond acceptors (Lipinski definition) is 5. The zero-order valence-electron chi connectivity index (χ0n) is 14.0. The third kappa shape index (κ3) is 4.79. The van der Waals surface area contributed by atoms with Crippen molar-refractivity contribution in [3.63, 3.8) is 0 Å². The zero-order chi connectivity index (χ0) is 19.3. The maximum Gasteiger partial charge on any atom is 0.426 e. The minimum Gasteiger partial charge on any atom is -0.449 e. The van der Waals surface area contributed by atoms with E-state index in [9.17, 15) is 18.0 Å². The van der Waals surface area contributed by atoms with Crippen molar-refractivity contribution in [1.29, 1.82) is 0 Å². The molecule has 1 aromatic rings. The number of amides is 2. The van der Waals surface area contributed by atoms with Gasteiger partial charge in [0, 0.05) is 19.0 Å². The van der Waals surface area contributed by atoms with E-state index in [4.69, 9.17) is 23.2 Å². The first-order valence-corrected chi connectivity index (χ1v) is 10.1. The van der Waals surface area contributed by atoms with Gasteiger partial charge in [-0.25, -0.2) is 18.6 Å². The molecule has 2 rings (SSSR count). The topological polar surface area (TPSA) is 105 Å². The lowest BCUT2D eigenvalue weighted by Gasteiger charge is -2.30. The molecule has 0 radical (unpaired) electrons. The number of hydrogen-bond donors (Lipinski definition) is 2. The molecule has 144 valence electrons. The van der Waals surface area contributed by atoms with Crippen LogP contribution in [0.15, 0.2) is 23.1 Å². The summed E-state index contributed by atoms with van der Waals surface area (Å²) in [5.74, 6) is -0.823. The highest BCUT2D eigenvalue weighted by atomic mass is 35.5. The summed E-state index contributed by atoms with van der Waals surface area (Å²) in [7, 11) is -3.86. The van der Waals surface area contributed by atoms with Crippen LogP contribution < -0.4 is 10.9 Å². The van der Waals surface area contributed by atoms with Gasteiger partial charge in [-0.2, -0.15) is 4.31 Å². The summed E-state index contributed by atoms with van der Waals surface area (Å²) in [6.45, 7) is 2.11. The Morgan fingerprint density at radius 3 is 2.31 bits per heavy atom. The van der Waals surface area contributed by atoms with Crippen molar-refractivity contribution in [2.75, 3.05) is 19.7 Å². The number of nitrogens with zero attached hydrogens (tertiary/aromatic N) is 1. The lowest BCUT2D eigenvalue weighted by atomic mass is 9.98. The van der Waals surface area contributed by atoms with E-state index in [0.717, 1.165) is 0 Å². The van der Waals surface area contributed by atoms with Gasteiger partial charge in [0.15, 0.2) is 0 Å². The average molecular weight is 424 g/mol. The van der Waals surface area contributed by atoms with E-state index in [1.165, 1.54) is 16.4 Å². The number of sulfonamides is 1. The number of nitrogens with one attached hydrogen (secondary N) is 2. The Morgan fingerprint density at radius 1 is 1.19 bits per heavy atom. The van der Waals surface area contributed by atoms with Crippen molar-refractivity contribution in [3.05, 3.63) is 28.2 Å². The van der Waals surface area contributed by atoms with E-state index >= 15 is 0 Å². The molecular formula is C15H19Cl2N3O5S. The minimum atomic E-state index is -3.86. The van der Waals surface area contributed by atoms with Crippen molar-refractivity contribution >= 4 is 45.2 Å². The number of piperidine rings is 1. The summed E-state index contributed by atoms with van der Waals surface area (Å²) in [5, 5.41) is 0.104. The number of halogens is 2. The van der Waals surface area contributed by atoms with E-state index in [1.807, 2.05) is 0 Å². The van der Waals surface area contributed by atoms with Crippen LogP contribution in [0, 0.1) is 5.92 Å². The SMILES string of the molecule is CCOC(=O)NNC(=O)C1CCN(S(=O)(=O)c2c(Cl)cccc2Cl)CC1. The third-order valence-electron chi connectivity index (χ3n) is 3.90. The average Bonchev–Trinajstić information content (AvgIpc) is 2.59. The van der Waals surface area contributed by atoms with Crippen molar-refractivity contribution in [2.45, 2.75) is 24.7 Å². The van der Waals surface area contributed by atoms with Crippen molar-refractivity contribution < 1.29 is 22.7 Å². The molecule has 0 aromatic heterocycles. The molecule has 1 aromatic carbocycles. The Labute approximate surface area is 161 Å². The molecule has 11 heteroatoms. The van der Waals surface area contributed by atoms with Crippen molar-refractivity contribution in [1.82, 2.24) is 15.2 Å². The molecule has 0 saturated carbocycles. The van der Waals surface area contributed by atoms with Crippen LogP contribution in [0.3, 0.4) is 0 Å². The molecule has 1 aliphatic heterocycles. The Balaban J connectivity index is 1.97. The smallest absolute Gasteiger partial charge is 0.426 e. The molecule has 2 N–H and O–H groups in total. The molecule has 1 aliphatic rings. The summed E-state index contributed by atoms with van der Waals surface area (Å²) in [6.07, 6.45) is -0.149. The lowest BCUT2D eigenvalue weighted by molar-refractivity contribution is -0.127. The first-order chi connectivity index (χ1) is 12.3. The maximum atomic E-state index is 12.8. The van der Waals surface area contributed by atoms with Gasteiger partial charge >= 0.3 is 6.09 Å². The fourth-order valence-electron chi connectivity index (χ4n) is 2.60. The van der Waals surface area contributed by atoms with Crippen LogP contribution in [0.4, 0.5) is 4.79 Å². The largest absolute Gasteiger partial charge is 0.449 e. The van der Waals surface area contributed by atoms with Crippen LogP contribution in [-0.2, 0) is 19.6 Å². The second-order valence-electron chi connectivity index (χ2n) is 5.56. The normalized spacial score (nSPS) is 16.1. The first kappa shape index (κ1) is 20.8. The summed E-state index contributed by atoms with van der Waals surface area (Å²) < 4.78 is 31.4. The van der Waals surface area contributed by atoms with Crippen LogP contribution in [0.2, 0.25) is 10.0 Å². The van der Waals surface area contributed by atoms with Gasteiger partial charge in [0.25, 0.3) is 0 Å². The molecule has 0 atom stereocenters. The third-order valence-corrected chi connectivity index (χ3v) is 6.76. The van der Waals surface area contributed by atoms with Gasteiger partial charge < -0.3 is 4.74 Å². The summed E-state index contributed by atoms with van der Waals surface area (Å²) >= 11 is 12.0. The van der Waals surface area contributed by atoms with E-state index < -0.39 is 27.9 Å². The van der Waals surface area contributed by atoms with Crippen molar-refractivity contribution in [3.8, 4) is 0 Å². The summed E-state index contributed by atoms with van der Waals surface area (Å²) in [5.41, 5.74) is 4.40. The van der Waals surface area contributed by atoms with Gasteiger partial charge in [-0.05, 0) is 31.9 Å². The highest BCUT2D eigenvalue weighted by Gasteiger charge is 2.34. The van der Waals surface area contributed by atoms with Crippen LogP contribution >= 0.6 is 23.2 Å². The standard InChI is InChI=1S/C15H19Cl2N3O5S/c1-2-25-15(22)19-18-14(21)10-6-8-20(9-7-10)26(23,24)13-11(16)4-3-5-12(13)17/h3-5,10H,2,6-9H2,1H3,(H,18,21)(H,19,22). The molecule has 0 spiro atoms. The molecule has 1 saturated heterocycles. The van der Waals surface area contributed by atoms with Crippen molar-refractivity contribution in [2.24, 2.45) is 5.92 Å². The van der Waals surface area contributed by atoms with Crippen LogP contribution in [-0.4, -0.2) is 44.4 Å². The Morgan fingerprint density at radius 2 is 1.77 bits per heavy atom. The number of ether oxygens (including phenoxy) is 1. The van der Waals surface area contributed by atoms with E-state index in [-0.39, 0.29) is 34.6 Å². The molecule has 1 heterocycles. The Kier molecular flexibility index (Phi) is 7.10. The van der Waals surface area contributed by atoms with E-state index in [1.54, 1.807) is 13.0 Å². The van der Waals surface area contributed by atoms with Gasteiger partial charge in [0.2, 0.25) is 15.9 Å². The fourth-order valence-corrected chi connectivity index (χ4v) is 5.16. The molecule has 0 unspecified atom stereocenters. The van der Waals surface area contributed by atoms with Crippen LogP contribution in [0.5, 0.6) is 0 Å². The highest BCUT2D eigenvalue weighted by molar-refractivity contribution is 7.89. The lowest BCUT2D eigenvalue weighted by Crippen LogP contribution is -2.48. The minimum absolute atomic E-state index is 0.0519. The highest BCUT2D eigenvalue weighted by Crippen LogP contribution is 2.33. The second kappa shape index (κ2) is 8.90. The molecular weight excluding hydrogens is 405 g/mol. The molecule has 8 nitrogen and oxygen atoms in total. The maximum absolute atomic E-state index is 12.8. The van der Waals surface area contributed by atoms with Gasteiger partial charge in [-0.15, -0.1) is 0 Å². The number of benzene rings is 1. The molecule has 26 heavy (non-hydrogen) atoms. The van der Waals surface area contributed by atoms with E-state index in [2.05, 4.69) is 15.6 Å². The summed E-state index contributed by atoms with van der Waals surface area (Å²) in [6, 6.07) is 4.49. The van der Waals surface area contributed by atoms with Gasteiger partial charge in [-0.3, -0.25) is 10.2 Å². The van der Waals surface area contributed by atoms with Gasteiger partial charge in [0.1, 0.15) is 4.90 Å². The molecule has 0 bridgehead atoms.